The minimum atomic E-state index is -0.461. The molecule has 0 amide bonds. The smallest absolute Gasteiger partial charge is 0.338 e. The van der Waals surface area contributed by atoms with Gasteiger partial charge in [0.15, 0.2) is 11.9 Å². The summed E-state index contributed by atoms with van der Waals surface area (Å²) in [6.07, 6.45) is 4.93. The lowest BCUT2D eigenvalue weighted by molar-refractivity contribution is -0.0147. The summed E-state index contributed by atoms with van der Waals surface area (Å²) in [4.78, 5) is 29.6. The van der Waals surface area contributed by atoms with Crippen molar-refractivity contribution in [2.75, 3.05) is 39.5 Å². The summed E-state index contributed by atoms with van der Waals surface area (Å²) in [5.41, 5.74) is 2.00. The van der Waals surface area contributed by atoms with Crippen LogP contribution >= 0.6 is 0 Å². The summed E-state index contributed by atoms with van der Waals surface area (Å²) >= 11 is 0. The van der Waals surface area contributed by atoms with Gasteiger partial charge in [0.2, 0.25) is 0 Å². The number of carbonyl (C=O) groups is 2. The molecule has 0 saturated carbocycles. The number of ketones is 1. The molecule has 1 aromatic heterocycles. The first-order valence-electron chi connectivity index (χ1n) is 16.4. The van der Waals surface area contributed by atoms with Crippen LogP contribution in [0, 0.1) is 11.8 Å². The molecule has 2 aromatic carbocycles. The Bertz CT molecular complexity index is 1440. The van der Waals surface area contributed by atoms with E-state index in [1.54, 1.807) is 18.2 Å². The fraction of sp³-hybridized carbons (Fsp3) is 0.556. The molecule has 3 aliphatic heterocycles. The van der Waals surface area contributed by atoms with Gasteiger partial charge in [-0.1, -0.05) is 27.2 Å². The molecule has 6 rings (SSSR count). The van der Waals surface area contributed by atoms with E-state index in [0.29, 0.717) is 59.7 Å². The van der Waals surface area contributed by atoms with Crippen LogP contribution in [0.5, 0.6) is 5.75 Å². The van der Waals surface area contributed by atoms with Crippen molar-refractivity contribution in [3.8, 4) is 5.75 Å². The highest BCUT2D eigenvalue weighted by Crippen LogP contribution is 2.33. The number of esters is 1. The first-order valence-corrected chi connectivity index (χ1v) is 16.4. The van der Waals surface area contributed by atoms with Crippen molar-refractivity contribution in [1.29, 1.82) is 0 Å². The van der Waals surface area contributed by atoms with Gasteiger partial charge in [0.25, 0.3) is 0 Å². The second kappa shape index (κ2) is 13.8. The molecule has 0 radical (unpaired) electrons. The standard InChI is InChI=1S/C36H45NO7/c1-4-5-7-30-33(28-19-26(10-13-29(28)43-30)36(39)44-32-22-42-31-14-17-41-35(31)32)34(38)25-8-11-27(12-9-25)40-16-6-15-37-20-23(2)18-24(3)21-37/h8-13,19,23-24,31-32,35H,4-7,14-18,20-22H2,1-3H3/t23?,24?,31-,32-,35?/m1/s1. The summed E-state index contributed by atoms with van der Waals surface area (Å²) in [7, 11) is 0. The summed E-state index contributed by atoms with van der Waals surface area (Å²) in [6.45, 7) is 11.7. The zero-order valence-electron chi connectivity index (χ0n) is 26.2. The van der Waals surface area contributed by atoms with Crippen molar-refractivity contribution in [2.24, 2.45) is 11.8 Å². The van der Waals surface area contributed by atoms with Crippen LogP contribution in [0.25, 0.3) is 11.0 Å². The van der Waals surface area contributed by atoms with Gasteiger partial charge in [-0.25, -0.2) is 4.79 Å². The Morgan fingerprint density at radius 1 is 0.977 bits per heavy atom. The number of furan rings is 1. The van der Waals surface area contributed by atoms with Gasteiger partial charge in [-0.05, 0) is 80.0 Å². The molecule has 8 nitrogen and oxygen atoms in total. The Balaban J connectivity index is 1.14. The van der Waals surface area contributed by atoms with Gasteiger partial charge in [0.05, 0.1) is 30.4 Å². The molecule has 0 N–H and O–H groups in total. The quantitative estimate of drug-likeness (QED) is 0.132. The molecule has 44 heavy (non-hydrogen) atoms. The Labute approximate surface area is 260 Å². The fourth-order valence-corrected chi connectivity index (χ4v) is 7.07. The number of piperidine rings is 1. The van der Waals surface area contributed by atoms with E-state index < -0.39 is 12.1 Å². The maximum Gasteiger partial charge on any atom is 0.338 e. The minimum absolute atomic E-state index is 0.0151. The second-order valence-corrected chi connectivity index (χ2v) is 12.9. The molecule has 5 atom stereocenters. The Kier molecular flexibility index (Phi) is 9.69. The number of benzene rings is 2. The lowest BCUT2D eigenvalue weighted by Gasteiger charge is -2.34. The van der Waals surface area contributed by atoms with Crippen molar-refractivity contribution in [3.63, 3.8) is 0 Å². The molecule has 3 fully saturated rings. The van der Waals surface area contributed by atoms with E-state index in [1.165, 1.54) is 6.42 Å². The number of hydrogen-bond acceptors (Lipinski definition) is 8. The predicted octanol–water partition coefficient (Wildman–Crippen LogP) is 6.47. The predicted molar refractivity (Wildman–Crippen MR) is 167 cm³/mol. The first kappa shape index (κ1) is 30.8. The lowest BCUT2D eigenvalue weighted by Crippen LogP contribution is -2.39. The van der Waals surface area contributed by atoms with Crippen LogP contribution in [-0.4, -0.2) is 74.4 Å². The zero-order chi connectivity index (χ0) is 30.6. The Morgan fingerprint density at radius 2 is 1.75 bits per heavy atom. The molecule has 3 aliphatic rings. The summed E-state index contributed by atoms with van der Waals surface area (Å²) in [6, 6.07) is 12.5. The molecular weight excluding hydrogens is 558 g/mol. The van der Waals surface area contributed by atoms with Crippen molar-refractivity contribution in [1.82, 2.24) is 4.90 Å². The number of carbonyl (C=O) groups excluding carboxylic acids is 2. The van der Waals surface area contributed by atoms with Crippen molar-refractivity contribution >= 4 is 22.7 Å². The third kappa shape index (κ3) is 6.87. The fourth-order valence-electron chi connectivity index (χ4n) is 7.07. The van der Waals surface area contributed by atoms with E-state index in [9.17, 15) is 9.59 Å². The molecule has 236 valence electrons. The number of nitrogens with zero attached hydrogens (tertiary/aromatic N) is 1. The number of rotatable bonds is 12. The number of unbranched alkanes of at least 4 members (excludes halogenated alkanes) is 1. The van der Waals surface area contributed by atoms with Crippen LogP contribution in [0.2, 0.25) is 0 Å². The average Bonchev–Trinajstić information content (AvgIpc) is 3.73. The van der Waals surface area contributed by atoms with Gasteiger partial charge in [-0.2, -0.15) is 0 Å². The molecular formula is C36H45NO7. The normalized spacial score (nSPS) is 25.3. The minimum Gasteiger partial charge on any atom is -0.494 e. The van der Waals surface area contributed by atoms with Gasteiger partial charge in [-0.3, -0.25) is 4.79 Å². The van der Waals surface area contributed by atoms with Crippen LogP contribution in [0.1, 0.15) is 84.9 Å². The highest BCUT2D eigenvalue weighted by molar-refractivity contribution is 6.17. The first-order chi connectivity index (χ1) is 21.4. The highest BCUT2D eigenvalue weighted by atomic mass is 16.6. The van der Waals surface area contributed by atoms with Crippen LogP contribution in [0.4, 0.5) is 0 Å². The van der Waals surface area contributed by atoms with E-state index in [0.717, 1.165) is 62.9 Å². The summed E-state index contributed by atoms with van der Waals surface area (Å²) in [5, 5.41) is 0.620. The van der Waals surface area contributed by atoms with Crippen LogP contribution in [-0.2, 0) is 20.6 Å². The van der Waals surface area contributed by atoms with E-state index in [2.05, 4.69) is 25.7 Å². The SMILES string of the molecule is CCCCc1oc2ccc(C(=O)O[C@@H]3CO[C@@H]4CCOC43)cc2c1C(=O)c1ccc(OCCCN2CC(C)CC(C)C2)cc1. The van der Waals surface area contributed by atoms with Crippen molar-refractivity contribution in [2.45, 2.75) is 77.6 Å². The number of aryl methyl sites for hydroxylation is 1. The average molecular weight is 604 g/mol. The monoisotopic (exact) mass is 603 g/mol. The molecule has 0 bridgehead atoms. The van der Waals surface area contributed by atoms with Crippen molar-refractivity contribution in [3.05, 3.63) is 64.9 Å². The molecule has 8 heteroatoms. The van der Waals surface area contributed by atoms with Gasteiger partial charge < -0.3 is 28.3 Å². The zero-order valence-corrected chi connectivity index (χ0v) is 26.2. The summed E-state index contributed by atoms with van der Waals surface area (Å²) < 4.78 is 29.5. The molecule has 0 aliphatic carbocycles. The molecule has 3 aromatic rings. The third-order valence-electron chi connectivity index (χ3n) is 9.11. The number of hydrogen-bond donors (Lipinski definition) is 0. The van der Waals surface area contributed by atoms with E-state index >= 15 is 0 Å². The number of fused-ring (bicyclic) bond motifs is 2. The van der Waals surface area contributed by atoms with Crippen molar-refractivity contribution < 1.29 is 33.0 Å². The van der Waals surface area contributed by atoms with Crippen LogP contribution < -0.4 is 4.74 Å². The largest absolute Gasteiger partial charge is 0.494 e. The maximum absolute atomic E-state index is 13.9. The molecule has 3 saturated heterocycles. The van der Waals surface area contributed by atoms with Crippen LogP contribution in [0.15, 0.2) is 46.9 Å². The highest BCUT2D eigenvalue weighted by Gasteiger charge is 2.44. The van der Waals surface area contributed by atoms with Gasteiger partial charge in [-0.15, -0.1) is 0 Å². The van der Waals surface area contributed by atoms with E-state index in [1.807, 2.05) is 24.3 Å². The van der Waals surface area contributed by atoms with E-state index in [4.69, 9.17) is 23.4 Å². The number of ether oxygens (including phenoxy) is 4. The lowest BCUT2D eigenvalue weighted by atomic mass is 9.92. The molecule has 4 heterocycles. The van der Waals surface area contributed by atoms with Gasteiger partial charge in [0.1, 0.15) is 23.2 Å². The topological polar surface area (TPSA) is 87.4 Å². The van der Waals surface area contributed by atoms with Gasteiger partial charge >= 0.3 is 5.97 Å². The Hall–Kier alpha value is -3.20. The van der Waals surface area contributed by atoms with Gasteiger partial charge in [0, 0.05) is 43.6 Å². The second-order valence-electron chi connectivity index (χ2n) is 12.9. The Morgan fingerprint density at radius 3 is 2.52 bits per heavy atom. The van der Waals surface area contributed by atoms with Crippen LogP contribution in [0.3, 0.4) is 0 Å². The summed E-state index contributed by atoms with van der Waals surface area (Å²) in [5.74, 6) is 2.30. The third-order valence-corrected chi connectivity index (χ3v) is 9.11. The molecule has 3 unspecified atom stereocenters. The maximum atomic E-state index is 13.9. The number of likely N-dealkylation sites (tertiary alicyclic amines) is 1. The van der Waals surface area contributed by atoms with E-state index in [-0.39, 0.29) is 18.0 Å². The molecule has 0 spiro atoms.